The van der Waals surface area contributed by atoms with E-state index >= 15 is 0 Å². The molecule has 72 valence electrons. The second kappa shape index (κ2) is 2.18. The van der Waals surface area contributed by atoms with Crippen molar-refractivity contribution in [1.82, 2.24) is 0 Å². The summed E-state index contributed by atoms with van der Waals surface area (Å²) < 4.78 is 0. The molecule has 2 unspecified atom stereocenters. The van der Waals surface area contributed by atoms with Crippen LogP contribution in [-0.2, 0) is 4.79 Å². The van der Waals surface area contributed by atoms with Crippen molar-refractivity contribution in [2.75, 3.05) is 0 Å². The largest absolute Gasteiger partial charge is 0.299 e. The van der Waals surface area contributed by atoms with Crippen LogP contribution in [0.2, 0.25) is 0 Å². The monoisotopic (exact) mass is 178 g/mol. The molecule has 0 amide bonds. The Morgan fingerprint density at radius 1 is 1.23 bits per heavy atom. The second-order valence-electron chi connectivity index (χ2n) is 5.83. The van der Waals surface area contributed by atoms with E-state index in [9.17, 15) is 4.79 Å². The molecule has 0 heterocycles. The molecule has 0 aromatic rings. The SMILES string of the molecule is CC1(C)C2C(=O)CC1[C@@H]1CCC[C@H]21. The van der Waals surface area contributed by atoms with Gasteiger partial charge in [0.05, 0.1) is 0 Å². The lowest BCUT2D eigenvalue weighted by atomic mass is 9.79. The lowest BCUT2D eigenvalue weighted by Gasteiger charge is -2.25. The Bertz CT molecular complexity index is 266. The number of carbonyl (C=O) groups is 1. The Morgan fingerprint density at radius 2 is 1.92 bits per heavy atom. The molecule has 0 saturated heterocycles. The van der Waals surface area contributed by atoms with Gasteiger partial charge in [0.2, 0.25) is 0 Å². The molecule has 0 spiro atoms. The first-order valence-electron chi connectivity index (χ1n) is 5.65. The van der Waals surface area contributed by atoms with Crippen LogP contribution in [0.15, 0.2) is 0 Å². The van der Waals surface area contributed by atoms with E-state index in [1.807, 2.05) is 0 Å². The van der Waals surface area contributed by atoms with E-state index in [1.165, 1.54) is 19.3 Å². The quantitative estimate of drug-likeness (QED) is 0.557. The van der Waals surface area contributed by atoms with Gasteiger partial charge in [-0.2, -0.15) is 0 Å². The standard InChI is InChI=1S/C12H18O/c1-12(2)9-6-10(13)11(12)8-5-3-4-7(8)9/h7-9,11H,3-6H2,1-2H3/t7-,8+,9?,11?/m1/s1. The van der Waals surface area contributed by atoms with Crippen molar-refractivity contribution in [3.8, 4) is 0 Å². The van der Waals surface area contributed by atoms with Crippen LogP contribution in [-0.4, -0.2) is 5.78 Å². The lowest BCUT2D eigenvalue weighted by molar-refractivity contribution is -0.124. The Kier molecular flexibility index (Phi) is 1.35. The zero-order valence-corrected chi connectivity index (χ0v) is 8.55. The number of hydrogen-bond donors (Lipinski definition) is 0. The number of Topliss-reactive ketones (excluding diaryl/α,β-unsaturated/α-hetero) is 1. The summed E-state index contributed by atoms with van der Waals surface area (Å²) in [5.74, 6) is 3.44. The lowest BCUT2D eigenvalue weighted by Crippen LogP contribution is -2.25. The highest BCUT2D eigenvalue weighted by Crippen LogP contribution is 2.65. The van der Waals surface area contributed by atoms with Crippen LogP contribution in [0.3, 0.4) is 0 Å². The first kappa shape index (κ1) is 8.02. The molecule has 0 aromatic carbocycles. The van der Waals surface area contributed by atoms with Crippen molar-refractivity contribution in [2.45, 2.75) is 39.5 Å². The minimum absolute atomic E-state index is 0.340. The summed E-state index contributed by atoms with van der Waals surface area (Å²) in [6.07, 6.45) is 5.02. The Hall–Kier alpha value is -0.330. The van der Waals surface area contributed by atoms with Crippen LogP contribution in [0, 0.1) is 29.1 Å². The Labute approximate surface area is 79.9 Å². The van der Waals surface area contributed by atoms with Crippen LogP contribution >= 0.6 is 0 Å². The minimum atomic E-state index is 0.340. The highest BCUT2D eigenvalue weighted by molar-refractivity contribution is 5.86. The van der Waals surface area contributed by atoms with E-state index in [1.54, 1.807) is 0 Å². The maximum absolute atomic E-state index is 11.8. The minimum Gasteiger partial charge on any atom is -0.299 e. The average molecular weight is 178 g/mol. The van der Waals surface area contributed by atoms with Gasteiger partial charge in [-0.25, -0.2) is 0 Å². The van der Waals surface area contributed by atoms with Crippen molar-refractivity contribution in [1.29, 1.82) is 0 Å². The molecule has 1 nitrogen and oxygen atoms in total. The van der Waals surface area contributed by atoms with Crippen molar-refractivity contribution >= 4 is 5.78 Å². The average Bonchev–Trinajstić information content (AvgIpc) is 2.60. The fourth-order valence-corrected chi connectivity index (χ4v) is 4.68. The smallest absolute Gasteiger partial charge is 0.137 e. The van der Waals surface area contributed by atoms with Crippen molar-refractivity contribution in [3.63, 3.8) is 0 Å². The van der Waals surface area contributed by atoms with Crippen molar-refractivity contribution in [3.05, 3.63) is 0 Å². The Balaban J connectivity index is 2.05. The van der Waals surface area contributed by atoms with E-state index in [0.717, 1.165) is 24.2 Å². The predicted octanol–water partition coefficient (Wildman–Crippen LogP) is 2.65. The number of hydrogen-bond acceptors (Lipinski definition) is 1. The van der Waals surface area contributed by atoms with Gasteiger partial charge in [-0.3, -0.25) is 4.79 Å². The summed E-state index contributed by atoms with van der Waals surface area (Å²) in [4.78, 5) is 11.8. The van der Waals surface area contributed by atoms with Gasteiger partial charge < -0.3 is 0 Å². The number of ketones is 1. The van der Waals surface area contributed by atoms with Gasteiger partial charge in [0.1, 0.15) is 5.78 Å². The van der Waals surface area contributed by atoms with E-state index < -0.39 is 0 Å². The highest BCUT2D eigenvalue weighted by atomic mass is 16.1. The predicted molar refractivity (Wildman–Crippen MR) is 51.2 cm³/mol. The summed E-state index contributed by atoms with van der Waals surface area (Å²) in [5, 5.41) is 0. The van der Waals surface area contributed by atoms with Crippen molar-refractivity contribution in [2.24, 2.45) is 29.1 Å². The normalized spacial score (nSPS) is 51.4. The van der Waals surface area contributed by atoms with Crippen LogP contribution in [0.4, 0.5) is 0 Å². The molecule has 13 heavy (non-hydrogen) atoms. The molecule has 4 atom stereocenters. The maximum atomic E-state index is 11.8. The zero-order chi connectivity index (χ0) is 9.22. The first-order chi connectivity index (χ1) is 6.12. The molecule has 3 aliphatic carbocycles. The molecule has 3 fully saturated rings. The summed E-state index contributed by atoms with van der Waals surface area (Å²) in [6.45, 7) is 4.65. The van der Waals surface area contributed by atoms with E-state index in [2.05, 4.69) is 13.8 Å². The van der Waals surface area contributed by atoms with Gasteiger partial charge in [-0.15, -0.1) is 0 Å². The van der Waals surface area contributed by atoms with Crippen molar-refractivity contribution < 1.29 is 4.79 Å². The number of carbonyl (C=O) groups excluding carboxylic acids is 1. The van der Waals surface area contributed by atoms with E-state index in [-0.39, 0.29) is 0 Å². The topological polar surface area (TPSA) is 17.1 Å². The van der Waals surface area contributed by atoms with Gasteiger partial charge in [-0.05, 0) is 36.0 Å². The molecule has 1 heteroatoms. The Morgan fingerprint density at radius 3 is 2.69 bits per heavy atom. The summed E-state index contributed by atoms with van der Waals surface area (Å²) in [7, 11) is 0. The molecule has 3 saturated carbocycles. The van der Waals surface area contributed by atoms with Gasteiger partial charge in [0.25, 0.3) is 0 Å². The van der Waals surface area contributed by atoms with Gasteiger partial charge in [0.15, 0.2) is 0 Å². The number of fused-ring (bicyclic) bond motifs is 5. The third kappa shape index (κ3) is 0.769. The maximum Gasteiger partial charge on any atom is 0.137 e. The fourth-order valence-electron chi connectivity index (χ4n) is 4.68. The number of rotatable bonds is 0. The molecular weight excluding hydrogens is 160 g/mol. The molecule has 3 rings (SSSR count). The van der Waals surface area contributed by atoms with E-state index in [4.69, 9.17) is 0 Å². The first-order valence-corrected chi connectivity index (χ1v) is 5.65. The van der Waals surface area contributed by atoms with Gasteiger partial charge in [-0.1, -0.05) is 20.3 Å². The third-order valence-corrected chi connectivity index (χ3v) is 5.10. The van der Waals surface area contributed by atoms with Crippen LogP contribution < -0.4 is 0 Å². The molecular formula is C12H18O. The van der Waals surface area contributed by atoms with Gasteiger partial charge in [0, 0.05) is 12.3 Å². The summed E-state index contributed by atoms with van der Waals surface area (Å²) in [6, 6.07) is 0. The molecule has 3 aliphatic rings. The van der Waals surface area contributed by atoms with E-state index in [0.29, 0.717) is 17.1 Å². The fraction of sp³-hybridized carbons (Fsp3) is 0.917. The zero-order valence-electron chi connectivity index (χ0n) is 8.55. The molecule has 2 bridgehead atoms. The third-order valence-electron chi connectivity index (χ3n) is 5.10. The van der Waals surface area contributed by atoms with Crippen LogP contribution in [0.5, 0.6) is 0 Å². The van der Waals surface area contributed by atoms with Gasteiger partial charge >= 0.3 is 0 Å². The molecule has 0 aliphatic heterocycles. The molecule has 0 N–H and O–H groups in total. The molecule has 0 radical (unpaired) electrons. The highest BCUT2D eigenvalue weighted by Gasteiger charge is 2.63. The molecule has 0 aromatic heterocycles. The summed E-state index contributed by atoms with van der Waals surface area (Å²) in [5.41, 5.74) is 0.340. The van der Waals surface area contributed by atoms with Crippen LogP contribution in [0.1, 0.15) is 39.5 Å². The van der Waals surface area contributed by atoms with Crippen LogP contribution in [0.25, 0.3) is 0 Å². The second-order valence-corrected chi connectivity index (χ2v) is 5.83. The summed E-state index contributed by atoms with van der Waals surface area (Å²) >= 11 is 0.